The van der Waals surface area contributed by atoms with Crippen LogP contribution in [0.1, 0.15) is 17.2 Å². The molecule has 0 fully saturated rings. The van der Waals surface area contributed by atoms with Crippen LogP contribution >= 0.6 is 15.9 Å². The van der Waals surface area contributed by atoms with E-state index in [4.69, 9.17) is 0 Å². The molecule has 0 bridgehead atoms. The zero-order valence-corrected chi connectivity index (χ0v) is 16.2. The minimum atomic E-state index is -3.74. The zero-order valence-electron chi connectivity index (χ0n) is 13.8. The quantitative estimate of drug-likeness (QED) is 0.786. The topological polar surface area (TPSA) is 49.4 Å². The van der Waals surface area contributed by atoms with E-state index < -0.39 is 15.8 Å². The normalized spacial score (nSPS) is 13.2. The van der Waals surface area contributed by atoms with Gasteiger partial charge in [-0.1, -0.05) is 29.8 Å². The Labute approximate surface area is 150 Å². The van der Waals surface area contributed by atoms with Gasteiger partial charge in [0.15, 0.2) is 0 Å². The summed E-state index contributed by atoms with van der Waals surface area (Å²) in [4.78, 5) is 1.97. The van der Waals surface area contributed by atoms with E-state index in [9.17, 15) is 12.8 Å². The third-order valence-corrected chi connectivity index (χ3v) is 6.14. The van der Waals surface area contributed by atoms with E-state index in [1.54, 1.807) is 0 Å². The van der Waals surface area contributed by atoms with E-state index in [1.807, 2.05) is 50.2 Å². The van der Waals surface area contributed by atoms with Crippen molar-refractivity contribution in [3.05, 3.63) is 63.9 Å². The summed E-state index contributed by atoms with van der Waals surface area (Å²) in [5.41, 5.74) is 2.17. The summed E-state index contributed by atoms with van der Waals surface area (Å²) in [6, 6.07) is 11.4. The number of rotatable bonds is 6. The highest BCUT2D eigenvalue weighted by Crippen LogP contribution is 2.24. The standard InChI is InChI=1S/C17H20BrFN2O2S/c1-12-4-6-13(7-5-12)16(21(2)3)11-20-24(22,23)17-9-8-14(19)10-15(17)18/h4-10,16,20H,11H2,1-3H3/t16-/m1/s1. The number of nitrogens with zero attached hydrogens (tertiary/aromatic N) is 1. The molecule has 0 aliphatic carbocycles. The summed E-state index contributed by atoms with van der Waals surface area (Å²) in [5, 5.41) is 0. The highest BCUT2D eigenvalue weighted by Gasteiger charge is 2.21. The molecule has 0 unspecified atom stereocenters. The Morgan fingerprint density at radius 2 is 1.79 bits per heavy atom. The lowest BCUT2D eigenvalue weighted by molar-refractivity contribution is 0.299. The van der Waals surface area contributed by atoms with Crippen LogP contribution < -0.4 is 4.72 Å². The van der Waals surface area contributed by atoms with E-state index in [0.717, 1.165) is 23.3 Å². The zero-order chi connectivity index (χ0) is 17.9. The van der Waals surface area contributed by atoms with E-state index in [0.29, 0.717) is 0 Å². The van der Waals surface area contributed by atoms with Crippen molar-refractivity contribution in [2.45, 2.75) is 17.9 Å². The number of hydrogen-bond donors (Lipinski definition) is 1. The second-order valence-electron chi connectivity index (χ2n) is 5.82. The predicted octanol–water partition coefficient (Wildman–Crippen LogP) is 3.48. The molecule has 2 aromatic rings. The van der Waals surface area contributed by atoms with Gasteiger partial charge in [-0.2, -0.15) is 0 Å². The fourth-order valence-electron chi connectivity index (χ4n) is 2.35. The largest absolute Gasteiger partial charge is 0.301 e. The molecule has 0 saturated heterocycles. The Morgan fingerprint density at radius 3 is 2.33 bits per heavy atom. The molecule has 0 amide bonds. The van der Waals surface area contributed by atoms with E-state index in [-0.39, 0.29) is 22.0 Å². The number of benzene rings is 2. The summed E-state index contributed by atoms with van der Waals surface area (Å²) in [5.74, 6) is -0.494. The van der Waals surface area contributed by atoms with Crippen molar-refractivity contribution in [2.75, 3.05) is 20.6 Å². The van der Waals surface area contributed by atoms with Crippen molar-refractivity contribution < 1.29 is 12.8 Å². The molecule has 7 heteroatoms. The molecule has 0 saturated carbocycles. The van der Waals surface area contributed by atoms with Gasteiger partial charge < -0.3 is 4.90 Å². The van der Waals surface area contributed by atoms with Crippen LogP contribution in [0.3, 0.4) is 0 Å². The van der Waals surface area contributed by atoms with Gasteiger partial charge in [0.1, 0.15) is 5.82 Å². The minimum absolute atomic E-state index is 0.0188. The number of hydrogen-bond acceptors (Lipinski definition) is 3. The number of sulfonamides is 1. The molecular formula is C17H20BrFN2O2S. The molecule has 0 aliphatic rings. The lowest BCUT2D eigenvalue weighted by Crippen LogP contribution is -2.34. The van der Waals surface area contributed by atoms with E-state index in [1.165, 1.54) is 6.07 Å². The maximum atomic E-state index is 13.2. The Kier molecular flexibility index (Phi) is 6.14. The second kappa shape index (κ2) is 7.74. The maximum Gasteiger partial charge on any atom is 0.241 e. The Hall–Kier alpha value is -1.28. The average Bonchev–Trinajstić information content (AvgIpc) is 2.48. The second-order valence-corrected chi connectivity index (χ2v) is 8.41. The number of likely N-dealkylation sites (N-methyl/N-ethyl adjacent to an activating group) is 1. The summed E-state index contributed by atoms with van der Waals surface area (Å²) in [6.07, 6.45) is 0. The van der Waals surface area contributed by atoms with E-state index in [2.05, 4.69) is 20.7 Å². The van der Waals surface area contributed by atoms with E-state index >= 15 is 0 Å². The summed E-state index contributed by atoms with van der Waals surface area (Å²) < 4.78 is 41.0. The first kappa shape index (κ1) is 19.1. The molecule has 2 rings (SSSR count). The molecule has 1 atom stereocenters. The first-order chi connectivity index (χ1) is 11.2. The first-order valence-corrected chi connectivity index (χ1v) is 9.66. The molecule has 24 heavy (non-hydrogen) atoms. The fraction of sp³-hybridized carbons (Fsp3) is 0.294. The van der Waals surface area contributed by atoms with Crippen LogP contribution in [-0.4, -0.2) is 34.0 Å². The third-order valence-electron chi connectivity index (χ3n) is 3.74. The molecule has 0 spiro atoms. The van der Waals surface area contributed by atoms with Crippen LogP contribution in [0.2, 0.25) is 0 Å². The van der Waals surface area contributed by atoms with Crippen molar-refractivity contribution >= 4 is 26.0 Å². The average molecular weight is 415 g/mol. The molecule has 0 aliphatic heterocycles. The Balaban J connectivity index is 2.20. The first-order valence-electron chi connectivity index (χ1n) is 7.38. The van der Waals surface area contributed by atoms with Gasteiger partial charge >= 0.3 is 0 Å². The van der Waals surface area contributed by atoms with Crippen LogP contribution in [0.5, 0.6) is 0 Å². The van der Waals surface area contributed by atoms with Crippen LogP contribution in [-0.2, 0) is 10.0 Å². The SMILES string of the molecule is Cc1ccc([C@@H](CNS(=O)(=O)c2ccc(F)cc2Br)N(C)C)cc1. The number of halogens is 2. The molecule has 2 aromatic carbocycles. The molecule has 0 aromatic heterocycles. The van der Waals surface area contributed by atoms with Crippen molar-refractivity contribution in [3.63, 3.8) is 0 Å². The van der Waals surface area contributed by atoms with Crippen molar-refractivity contribution in [1.29, 1.82) is 0 Å². The summed E-state index contributed by atoms with van der Waals surface area (Å²) in [7, 11) is 0.0483. The van der Waals surface area contributed by atoms with Crippen molar-refractivity contribution in [3.8, 4) is 0 Å². The molecule has 130 valence electrons. The van der Waals surface area contributed by atoms with Crippen LogP contribution in [0.4, 0.5) is 4.39 Å². The van der Waals surface area contributed by atoms with Crippen molar-refractivity contribution in [2.24, 2.45) is 0 Å². The molecule has 1 N–H and O–H groups in total. The lowest BCUT2D eigenvalue weighted by atomic mass is 10.0. The maximum absolute atomic E-state index is 13.2. The lowest BCUT2D eigenvalue weighted by Gasteiger charge is -2.25. The van der Waals surface area contributed by atoms with Crippen LogP contribution in [0, 0.1) is 12.7 Å². The highest BCUT2D eigenvalue weighted by molar-refractivity contribution is 9.10. The van der Waals surface area contributed by atoms with Crippen molar-refractivity contribution in [1.82, 2.24) is 9.62 Å². The van der Waals surface area contributed by atoms with Gasteiger partial charge in [-0.15, -0.1) is 0 Å². The predicted molar refractivity (Wildman–Crippen MR) is 96.9 cm³/mol. The van der Waals surface area contributed by atoms with Gasteiger partial charge in [-0.05, 0) is 60.7 Å². The minimum Gasteiger partial charge on any atom is -0.301 e. The molecular weight excluding hydrogens is 395 g/mol. The summed E-state index contributed by atoms with van der Waals surface area (Å²) >= 11 is 3.10. The molecule has 0 heterocycles. The van der Waals surface area contributed by atoms with Crippen LogP contribution in [0.15, 0.2) is 51.8 Å². The number of aryl methyl sites for hydroxylation is 1. The van der Waals surface area contributed by atoms with Crippen LogP contribution in [0.25, 0.3) is 0 Å². The smallest absolute Gasteiger partial charge is 0.241 e. The van der Waals surface area contributed by atoms with Gasteiger partial charge in [0.25, 0.3) is 0 Å². The monoisotopic (exact) mass is 414 g/mol. The van der Waals surface area contributed by atoms with Gasteiger partial charge in [0.05, 0.1) is 4.90 Å². The Morgan fingerprint density at radius 1 is 1.17 bits per heavy atom. The van der Waals surface area contributed by atoms with Gasteiger partial charge in [0.2, 0.25) is 10.0 Å². The highest BCUT2D eigenvalue weighted by atomic mass is 79.9. The fourth-order valence-corrected chi connectivity index (χ4v) is 4.43. The number of nitrogens with one attached hydrogen (secondary N) is 1. The van der Waals surface area contributed by atoms with Gasteiger partial charge in [-0.25, -0.2) is 17.5 Å². The molecule has 0 radical (unpaired) electrons. The summed E-state index contributed by atoms with van der Waals surface area (Å²) in [6.45, 7) is 2.21. The third kappa shape index (κ3) is 4.63. The Bertz CT molecular complexity index is 808. The molecule has 4 nitrogen and oxygen atoms in total. The van der Waals surface area contributed by atoms with Gasteiger partial charge in [0, 0.05) is 17.1 Å². The van der Waals surface area contributed by atoms with Gasteiger partial charge in [-0.3, -0.25) is 0 Å².